The van der Waals surface area contributed by atoms with Gasteiger partial charge < -0.3 is 20.2 Å². The largest absolute Gasteiger partial charge is 0.506 e. The maximum absolute atomic E-state index is 11.8. The van der Waals surface area contributed by atoms with Crippen LogP contribution in [-0.4, -0.2) is 20.2 Å². The van der Waals surface area contributed by atoms with Crippen LogP contribution in [0.5, 0.6) is 11.5 Å². The van der Waals surface area contributed by atoms with Crippen molar-refractivity contribution in [2.75, 3.05) is 0 Å². The molecule has 0 aromatic heterocycles. The first kappa shape index (κ1) is 17.9. The second-order valence-electron chi connectivity index (χ2n) is 5.89. The van der Waals surface area contributed by atoms with Crippen molar-refractivity contribution in [3.63, 3.8) is 0 Å². The minimum absolute atomic E-state index is 0. The van der Waals surface area contributed by atoms with Crippen LogP contribution in [0.3, 0.4) is 0 Å². The molecule has 7 heteroatoms. The summed E-state index contributed by atoms with van der Waals surface area (Å²) in [5, 5.41) is 19.9. The average molecular weight is 400 g/mol. The zero-order valence-electron chi connectivity index (χ0n) is 13.7. The third-order valence-electron chi connectivity index (χ3n) is 4.22. The van der Waals surface area contributed by atoms with Crippen molar-refractivity contribution < 1.29 is 29.7 Å². The van der Waals surface area contributed by atoms with E-state index in [0.717, 1.165) is 11.4 Å². The fraction of sp³-hybridized carbons (Fsp3) is 0.0526. The predicted octanol–water partition coefficient (Wildman–Crippen LogP) is 2.27. The normalized spacial score (nSPS) is 10.8. The van der Waals surface area contributed by atoms with E-state index in [2.05, 4.69) is 9.97 Å². The third kappa shape index (κ3) is 3.02. The van der Waals surface area contributed by atoms with Crippen molar-refractivity contribution in [1.82, 2.24) is 9.97 Å². The molecule has 4 rings (SSSR count). The Hall–Kier alpha value is -2.92. The first-order chi connectivity index (χ1) is 12.0. The van der Waals surface area contributed by atoms with Gasteiger partial charge in [-0.15, -0.1) is 0 Å². The van der Waals surface area contributed by atoms with Gasteiger partial charge in [0.1, 0.15) is 11.5 Å². The average Bonchev–Trinajstić information content (AvgIpc) is 2.62. The molecule has 0 saturated carbocycles. The summed E-state index contributed by atoms with van der Waals surface area (Å²) in [6, 6.07) is 12.2. The number of nitrogens with one attached hydrogen (secondary N) is 2. The Kier molecular flexibility index (Phi) is 4.66. The summed E-state index contributed by atoms with van der Waals surface area (Å²) in [7, 11) is 0. The van der Waals surface area contributed by atoms with E-state index in [1.54, 1.807) is 24.3 Å². The third-order valence-corrected chi connectivity index (χ3v) is 4.22. The van der Waals surface area contributed by atoms with Crippen LogP contribution in [-0.2, 0) is 25.9 Å². The molecule has 0 bridgehead atoms. The molecule has 0 fully saturated rings. The van der Waals surface area contributed by atoms with E-state index < -0.39 is 0 Å². The standard InChI is InChI=1S/C19H14N2O4.Zn/c22-14-5-7-16(24)18-12(14)3-1-10(20-18)9-11-2-4-13-15(23)6-8-17(25)19(13)21-11;/h1-8,20-21,24-25H,9H2;. The topological polar surface area (TPSA) is 106 Å². The fourth-order valence-corrected chi connectivity index (χ4v) is 2.96. The number of aromatic nitrogens is 2. The van der Waals surface area contributed by atoms with Gasteiger partial charge in [-0.1, -0.05) is 0 Å². The number of benzene rings is 2. The molecule has 0 unspecified atom stereocenters. The van der Waals surface area contributed by atoms with Gasteiger partial charge >= 0.3 is 0 Å². The van der Waals surface area contributed by atoms with Crippen LogP contribution in [0.2, 0.25) is 0 Å². The van der Waals surface area contributed by atoms with E-state index >= 15 is 0 Å². The maximum Gasteiger partial charge on any atom is 0.188 e. The predicted molar refractivity (Wildman–Crippen MR) is 93.5 cm³/mol. The molecule has 0 spiro atoms. The van der Waals surface area contributed by atoms with Gasteiger partial charge in [-0.2, -0.15) is 0 Å². The smallest absolute Gasteiger partial charge is 0.188 e. The van der Waals surface area contributed by atoms with Crippen molar-refractivity contribution in [2.24, 2.45) is 0 Å². The van der Waals surface area contributed by atoms with Crippen molar-refractivity contribution in [2.45, 2.75) is 6.42 Å². The SMILES string of the molecule is O=c1ccc(O)c2[nH]c(Cc3ccc4c(=O)ccc(O)c-4[nH]3)ccc1-2.[Zn]. The van der Waals surface area contributed by atoms with Crippen molar-refractivity contribution in [3.05, 3.63) is 80.4 Å². The number of pyridine rings is 2. The number of hydrogen-bond acceptors (Lipinski definition) is 4. The van der Waals surface area contributed by atoms with E-state index in [1.807, 2.05) is 0 Å². The van der Waals surface area contributed by atoms with Crippen LogP contribution >= 0.6 is 0 Å². The van der Waals surface area contributed by atoms with Crippen molar-refractivity contribution in [3.8, 4) is 34.0 Å². The number of H-pyrrole nitrogens is 2. The zero-order chi connectivity index (χ0) is 17.6. The Morgan fingerprint density at radius 3 is 1.50 bits per heavy atom. The number of aromatic amines is 2. The molecule has 0 radical (unpaired) electrons. The number of rotatable bonds is 2. The molecule has 0 aromatic carbocycles. The Morgan fingerprint density at radius 2 is 1.08 bits per heavy atom. The first-order valence-corrected chi connectivity index (χ1v) is 7.71. The van der Waals surface area contributed by atoms with E-state index in [9.17, 15) is 19.8 Å². The van der Waals surface area contributed by atoms with E-state index in [-0.39, 0.29) is 41.8 Å². The Morgan fingerprint density at radius 1 is 0.654 bits per heavy atom. The van der Waals surface area contributed by atoms with Crippen LogP contribution in [0, 0.1) is 0 Å². The molecule has 2 aliphatic heterocycles. The van der Waals surface area contributed by atoms with Gasteiger partial charge in [-0.25, -0.2) is 0 Å². The van der Waals surface area contributed by atoms with Crippen LogP contribution in [0.1, 0.15) is 11.4 Å². The molecule has 0 aromatic rings. The van der Waals surface area contributed by atoms with Crippen LogP contribution < -0.4 is 10.9 Å². The van der Waals surface area contributed by atoms with Gasteiger partial charge in [0, 0.05) is 48.4 Å². The summed E-state index contributed by atoms with van der Waals surface area (Å²) in [4.78, 5) is 29.8. The fourth-order valence-electron chi connectivity index (χ4n) is 2.96. The number of phenolic OH excluding ortho intramolecular Hbond substituents is 2. The van der Waals surface area contributed by atoms with E-state index in [4.69, 9.17) is 0 Å². The summed E-state index contributed by atoms with van der Waals surface area (Å²) in [5.74, 6) is 0.0140. The first-order valence-electron chi connectivity index (χ1n) is 7.71. The Labute approximate surface area is 160 Å². The van der Waals surface area contributed by atoms with Gasteiger partial charge in [0.25, 0.3) is 0 Å². The Bertz CT molecular complexity index is 1060. The monoisotopic (exact) mass is 398 g/mol. The quantitative estimate of drug-likeness (QED) is 0.388. The summed E-state index contributed by atoms with van der Waals surface area (Å²) in [5.41, 5.74) is 2.80. The van der Waals surface area contributed by atoms with Crippen molar-refractivity contribution >= 4 is 0 Å². The number of aromatic hydroxyl groups is 2. The second-order valence-corrected chi connectivity index (χ2v) is 5.89. The molecule has 4 aliphatic rings. The van der Waals surface area contributed by atoms with E-state index in [0.29, 0.717) is 28.9 Å². The van der Waals surface area contributed by atoms with Crippen LogP contribution in [0.25, 0.3) is 22.5 Å². The number of fused-ring (bicyclic) bond motifs is 2. The van der Waals surface area contributed by atoms with Crippen LogP contribution in [0.4, 0.5) is 0 Å². The zero-order valence-corrected chi connectivity index (χ0v) is 16.7. The molecule has 4 N–H and O–H groups in total. The van der Waals surface area contributed by atoms with Gasteiger partial charge in [0.05, 0.1) is 11.4 Å². The molecule has 126 valence electrons. The van der Waals surface area contributed by atoms with Gasteiger partial charge in [0.2, 0.25) is 0 Å². The van der Waals surface area contributed by atoms with Gasteiger partial charge in [0.15, 0.2) is 10.9 Å². The summed E-state index contributed by atoms with van der Waals surface area (Å²) in [6.07, 6.45) is 0.441. The summed E-state index contributed by atoms with van der Waals surface area (Å²) in [6.45, 7) is 0. The molecule has 2 aliphatic carbocycles. The number of hydrogen-bond donors (Lipinski definition) is 4. The van der Waals surface area contributed by atoms with E-state index in [1.165, 1.54) is 24.3 Å². The number of phenols is 2. The minimum Gasteiger partial charge on any atom is -0.506 e. The molecule has 0 saturated heterocycles. The summed E-state index contributed by atoms with van der Waals surface area (Å²) >= 11 is 0. The summed E-state index contributed by atoms with van der Waals surface area (Å²) < 4.78 is 0. The Balaban J connectivity index is 0.00000196. The molecule has 0 amide bonds. The molecule has 6 nitrogen and oxygen atoms in total. The van der Waals surface area contributed by atoms with Crippen LogP contribution in [0.15, 0.2) is 58.1 Å². The molecule has 26 heavy (non-hydrogen) atoms. The molecule has 2 heterocycles. The molecular formula is C19H14N2O4Zn. The minimum atomic E-state index is -0.166. The molecule has 0 atom stereocenters. The second kappa shape index (κ2) is 6.77. The van der Waals surface area contributed by atoms with Gasteiger partial charge in [-0.3, -0.25) is 9.59 Å². The van der Waals surface area contributed by atoms with Crippen molar-refractivity contribution in [1.29, 1.82) is 0 Å². The molecular weight excluding hydrogens is 386 g/mol. The van der Waals surface area contributed by atoms with Gasteiger partial charge in [-0.05, 0) is 48.5 Å². The maximum atomic E-state index is 11.8.